The van der Waals surface area contributed by atoms with Gasteiger partial charge in [0.15, 0.2) is 0 Å². The molecule has 188 valence electrons. The van der Waals surface area contributed by atoms with Gasteiger partial charge in [0.05, 0.1) is 23.8 Å². The van der Waals surface area contributed by atoms with E-state index in [0.717, 1.165) is 6.42 Å². The molecule has 0 spiro atoms. The number of nitrogens with zero attached hydrogens (tertiary/aromatic N) is 4. The molecule has 1 aliphatic rings. The first-order valence-electron chi connectivity index (χ1n) is 10.9. The highest BCUT2D eigenvalue weighted by atomic mass is 16.6. The monoisotopic (exact) mass is 488 g/mol. The number of benzene rings is 1. The molecule has 0 bridgehead atoms. The van der Waals surface area contributed by atoms with Gasteiger partial charge in [0.25, 0.3) is 0 Å². The molecular formula is C22H28N6O7. The van der Waals surface area contributed by atoms with Crippen molar-refractivity contribution in [3.63, 3.8) is 0 Å². The van der Waals surface area contributed by atoms with Gasteiger partial charge in [-0.1, -0.05) is 12.1 Å². The number of nitro groups is 1. The molecule has 1 aromatic heterocycles. The van der Waals surface area contributed by atoms with Gasteiger partial charge >= 0.3 is 17.7 Å². The zero-order valence-electron chi connectivity index (χ0n) is 19.9. The smallest absolute Gasteiger partial charge is 0.410 e. The zero-order chi connectivity index (χ0) is 25.8. The lowest BCUT2D eigenvalue weighted by Gasteiger charge is -2.28. The van der Waals surface area contributed by atoms with Crippen molar-refractivity contribution in [2.45, 2.75) is 45.3 Å². The number of hydrogen-bond donors (Lipinski definition) is 3. The first-order valence-corrected chi connectivity index (χ1v) is 10.9. The predicted octanol–water partition coefficient (Wildman–Crippen LogP) is 3.65. The zero-order valence-corrected chi connectivity index (χ0v) is 19.9. The van der Waals surface area contributed by atoms with Crippen LogP contribution in [-0.2, 0) is 4.74 Å². The van der Waals surface area contributed by atoms with Crippen molar-refractivity contribution in [2.24, 2.45) is 0 Å². The number of hydrogen-bond acceptors (Lipinski definition) is 10. The minimum absolute atomic E-state index is 0.138. The van der Waals surface area contributed by atoms with E-state index in [0.29, 0.717) is 24.4 Å². The van der Waals surface area contributed by atoms with Crippen LogP contribution >= 0.6 is 0 Å². The molecule has 13 heteroatoms. The summed E-state index contributed by atoms with van der Waals surface area (Å²) in [6.07, 6.45) is 1.02. The number of ether oxygens (including phenoxy) is 2. The normalized spacial score (nSPS) is 15.4. The van der Waals surface area contributed by atoms with Gasteiger partial charge in [-0.05, 0) is 45.7 Å². The van der Waals surface area contributed by atoms with Crippen molar-refractivity contribution in [2.75, 3.05) is 30.8 Å². The molecule has 1 fully saturated rings. The maximum absolute atomic E-state index is 12.5. The lowest BCUT2D eigenvalue weighted by atomic mass is 10.2. The molecular weight excluding hydrogens is 460 g/mol. The molecule has 0 saturated carbocycles. The number of methoxy groups -OCH3 is 1. The topological polar surface area (TPSA) is 169 Å². The summed E-state index contributed by atoms with van der Waals surface area (Å²) in [5, 5.41) is 27.0. The molecule has 3 N–H and O–H groups in total. The molecule has 3 rings (SSSR count). The Bertz CT molecular complexity index is 1120. The second kappa shape index (κ2) is 10.4. The summed E-state index contributed by atoms with van der Waals surface area (Å²) in [4.78, 5) is 44.8. The molecule has 1 unspecified atom stereocenters. The highest BCUT2D eigenvalue weighted by molar-refractivity contribution is 5.93. The first kappa shape index (κ1) is 25.5. The molecule has 1 aliphatic heterocycles. The van der Waals surface area contributed by atoms with Gasteiger partial charge in [0.2, 0.25) is 17.5 Å². The Kier molecular flexibility index (Phi) is 7.57. The van der Waals surface area contributed by atoms with Crippen molar-refractivity contribution in [3.8, 4) is 5.75 Å². The van der Waals surface area contributed by atoms with Crippen LogP contribution in [0, 0.1) is 10.1 Å². The van der Waals surface area contributed by atoms with E-state index in [9.17, 15) is 24.8 Å². The van der Waals surface area contributed by atoms with Crippen LogP contribution in [-0.4, -0.2) is 68.8 Å². The first-order chi connectivity index (χ1) is 16.5. The minimum atomic E-state index is -1.58. The number of rotatable bonds is 8. The molecule has 1 aromatic carbocycles. The average Bonchev–Trinajstić information content (AvgIpc) is 3.25. The van der Waals surface area contributed by atoms with Crippen LogP contribution in [0.2, 0.25) is 0 Å². The number of amides is 1. The van der Waals surface area contributed by atoms with E-state index in [4.69, 9.17) is 9.47 Å². The van der Waals surface area contributed by atoms with Crippen molar-refractivity contribution < 1.29 is 29.1 Å². The van der Waals surface area contributed by atoms with Crippen LogP contribution in [0.5, 0.6) is 5.75 Å². The Morgan fingerprint density at radius 2 is 2.00 bits per heavy atom. The van der Waals surface area contributed by atoms with Gasteiger partial charge in [0.1, 0.15) is 11.4 Å². The summed E-state index contributed by atoms with van der Waals surface area (Å²) >= 11 is 0. The third kappa shape index (κ3) is 6.25. The predicted molar refractivity (Wildman–Crippen MR) is 126 cm³/mol. The van der Waals surface area contributed by atoms with Crippen LogP contribution in [0.25, 0.3) is 0 Å². The minimum Gasteiger partial charge on any atom is -0.495 e. The number of anilines is 3. The van der Waals surface area contributed by atoms with Gasteiger partial charge in [-0.3, -0.25) is 10.1 Å². The molecule has 0 aliphatic carbocycles. The Balaban J connectivity index is 1.89. The highest BCUT2D eigenvalue weighted by Gasteiger charge is 2.33. The van der Waals surface area contributed by atoms with Gasteiger partial charge in [-0.15, -0.1) is 0 Å². The second-order valence-corrected chi connectivity index (χ2v) is 8.83. The summed E-state index contributed by atoms with van der Waals surface area (Å²) in [6.45, 7) is 6.06. The third-order valence-electron chi connectivity index (χ3n) is 5.13. The molecule has 13 nitrogen and oxygen atoms in total. The SMILES string of the molecule is COc1ccccc1Nc1nc(NCC2CCCN2C(=O)OC(C)(C)C)nc(C(=O)O)c1[N+](=O)[O-]. The number of nitrogens with one attached hydrogen (secondary N) is 2. The Morgan fingerprint density at radius 3 is 2.63 bits per heavy atom. The van der Waals surface area contributed by atoms with E-state index in [1.54, 1.807) is 49.9 Å². The fourth-order valence-electron chi connectivity index (χ4n) is 3.64. The molecule has 0 radical (unpaired) electrons. The van der Waals surface area contributed by atoms with Crippen LogP contribution in [0.15, 0.2) is 24.3 Å². The van der Waals surface area contributed by atoms with Crippen LogP contribution in [0.3, 0.4) is 0 Å². The molecule has 1 saturated heterocycles. The molecule has 35 heavy (non-hydrogen) atoms. The van der Waals surface area contributed by atoms with Crippen LogP contribution in [0.1, 0.15) is 44.1 Å². The Labute approximate surface area is 201 Å². The number of carboxylic acids is 1. The summed E-state index contributed by atoms with van der Waals surface area (Å²) in [6, 6.07) is 6.39. The highest BCUT2D eigenvalue weighted by Crippen LogP contribution is 2.33. The summed E-state index contributed by atoms with van der Waals surface area (Å²) < 4.78 is 10.7. The van der Waals surface area contributed by atoms with Gasteiger partial charge in [-0.25, -0.2) is 9.59 Å². The lowest BCUT2D eigenvalue weighted by molar-refractivity contribution is -0.384. The van der Waals surface area contributed by atoms with Crippen molar-refractivity contribution in [3.05, 3.63) is 40.1 Å². The number of carbonyl (C=O) groups excluding carboxylic acids is 1. The van der Waals surface area contributed by atoms with Gasteiger partial charge in [-0.2, -0.15) is 9.97 Å². The summed E-state index contributed by atoms with van der Waals surface area (Å²) in [7, 11) is 1.43. The Morgan fingerprint density at radius 1 is 1.29 bits per heavy atom. The van der Waals surface area contributed by atoms with E-state index in [-0.39, 0.29) is 24.4 Å². The maximum Gasteiger partial charge on any atom is 0.410 e. The Hall–Kier alpha value is -4.16. The largest absolute Gasteiger partial charge is 0.495 e. The number of carboxylic acid groups (broad SMARTS) is 1. The second-order valence-electron chi connectivity index (χ2n) is 8.83. The number of aromatic carboxylic acids is 1. The van der Waals surface area contributed by atoms with E-state index < -0.39 is 34.0 Å². The fraction of sp³-hybridized carbons (Fsp3) is 0.455. The standard InChI is InChI=1S/C22H28N6O7/c1-22(2,3)35-21(31)27-11-7-8-13(27)12-23-20-25-16(19(29)30)17(28(32)33)18(26-20)24-14-9-5-6-10-15(14)34-4/h5-6,9-10,13H,7-8,11-12H2,1-4H3,(H,29,30)(H2,23,24,25,26). The molecule has 2 heterocycles. The van der Waals surface area contributed by atoms with Crippen molar-refractivity contribution >= 4 is 35.2 Å². The summed E-state index contributed by atoms with van der Waals surface area (Å²) in [5.41, 5.74) is -1.86. The van der Waals surface area contributed by atoms with Crippen LogP contribution < -0.4 is 15.4 Å². The lowest BCUT2D eigenvalue weighted by Crippen LogP contribution is -2.42. The van der Waals surface area contributed by atoms with Gasteiger partial charge in [0, 0.05) is 13.1 Å². The third-order valence-corrected chi connectivity index (χ3v) is 5.13. The van der Waals surface area contributed by atoms with E-state index in [2.05, 4.69) is 20.6 Å². The van der Waals surface area contributed by atoms with Crippen molar-refractivity contribution in [1.82, 2.24) is 14.9 Å². The quantitative estimate of drug-likeness (QED) is 0.366. The number of likely N-dealkylation sites (tertiary alicyclic amines) is 1. The molecule has 1 amide bonds. The molecule has 2 aromatic rings. The summed E-state index contributed by atoms with van der Waals surface area (Å²) in [5.74, 6) is -1.65. The van der Waals surface area contributed by atoms with E-state index in [1.807, 2.05) is 0 Å². The van der Waals surface area contributed by atoms with E-state index >= 15 is 0 Å². The average molecular weight is 489 g/mol. The fourth-order valence-corrected chi connectivity index (χ4v) is 3.64. The van der Waals surface area contributed by atoms with Crippen LogP contribution in [0.4, 0.5) is 27.9 Å². The number of carbonyl (C=O) groups is 2. The van der Waals surface area contributed by atoms with Crippen molar-refractivity contribution in [1.29, 1.82) is 0 Å². The molecule has 1 atom stereocenters. The van der Waals surface area contributed by atoms with E-state index in [1.165, 1.54) is 7.11 Å². The van der Waals surface area contributed by atoms with Gasteiger partial charge < -0.3 is 30.1 Å². The maximum atomic E-state index is 12.5. The number of aromatic nitrogens is 2. The number of para-hydroxylation sites is 2.